The minimum atomic E-state index is -0.747. The fraction of sp³-hybridized carbons (Fsp3) is 0.524. The zero-order chi connectivity index (χ0) is 21.7. The van der Waals surface area contributed by atoms with Crippen LogP contribution >= 0.6 is 0 Å². The van der Waals surface area contributed by atoms with Gasteiger partial charge in [-0.3, -0.25) is 29.4 Å². The number of likely N-dealkylation sites (tertiary alicyclic amines) is 1. The van der Waals surface area contributed by atoms with Crippen LogP contribution < -0.4 is 15.8 Å². The van der Waals surface area contributed by atoms with Crippen molar-refractivity contribution in [3.05, 3.63) is 29.3 Å². The summed E-state index contributed by atoms with van der Waals surface area (Å²) in [5.41, 5.74) is 6.30. The van der Waals surface area contributed by atoms with Crippen molar-refractivity contribution in [2.75, 3.05) is 33.3 Å². The van der Waals surface area contributed by atoms with Gasteiger partial charge in [0.15, 0.2) is 6.29 Å². The molecule has 30 heavy (non-hydrogen) atoms. The van der Waals surface area contributed by atoms with E-state index in [-0.39, 0.29) is 35.9 Å². The lowest BCUT2D eigenvalue weighted by Crippen LogP contribution is -2.53. The Morgan fingerprint density at radius 3 is 2.70 bits per heavy atom. The first-order valence-electron chi connectivity index (χ1n) is 10.2. The predicted octanol–water partition coefficient (Wildman–Crippen LogP) is 0.178. The van der Waals surface area contributed by atoms with Gasteiger partial charge >= 0.3 is 0 Å². The second-order valence-corrected chi connectivity index (χ2v) is 7.78. The van der Waals surface area contributed by atoms with Gasteiger partial charge in [-0.15, -0.1) is 0 Å². The van der Waals surface area contributed by atoms with Gasteiger partial charge in [-0.2, -0.15) is 0 Å². The maximum atomic E-state index is 12.9. The number of carbonyl (C=O) groups excluding carboxylic acids is 4. The summed E-state index contributed by atoms with van der Waals surface area (Å²) in [7, 11) is 1.49. The van der Waals surface area contributed by atoms with E-state index in [1.54, 1.807) is 6.07 Å². The number of ether oxygens (including phenoxy) is 1. The monoisotopic (exact) mass is 416 g/mol. The van der Waals surface area contributed by atoms with E-state index in [1.807, 2.05) is 0 Å². The Kier molecular flexibility index (Phi) is 7.17. The molecular formula is C21H28N4O5. The van der Waals surface area contributed by atoms with Gasteiger partial charge in [-0.25, -0.2) is 0 Å². The Hall–Kier alpha value is -2.78. The van der Waals surface area contributed by atoms with Crippen LogP contribution in [0, 0.1) is 0 Å². The smallest absolute Gasteiger partial charge is 0.255 e. The summed E-state index contributed by atoms with van der Waals surface area (Å²) < 4.78 is 5.76. The first kappa shape index (κ1) is 21.9. The van der Waals surface area contributed by atoms with Crippen molar-refractivity contribution in [1.82, 2.24) is 15.1 Å². The van der Waals surface area contributed by atoms with Crippen LogP contribution in [-0.2, 0) is 9.59 Å². The third-order valence-corrected chi connectivity index (χ3v) is 5.69. The van der Waals surface area contributed by atoms with Crippen molar-refractivity contribution in [3.63, 3.8) is 0 Å². The zero-order valence-electron chi connectivity index (χ0n) is 17.1. The van der Waals surface area contributed by atoms with Gasteiger partial charge in [0, 0.05) is 31.6 Å². The Bertz CT molecular complexity index is 820. The van der Waals surface area contributed by atoms with Crippen LogP contribution in [0.3, 0.4) is 0 Å². The molecule has 0 saturated carbocycles. The van der Waals surface area contributed by atoms with E-state index >= 15 is 0 Å². The van der Waals surface area contributed by atoms with Gasteiger partial charge in [-0.1, -0.05) is 0 Å². The summed E-state index contributed by atoms with van der Waals surface area (Å²) >= 11 is 0. The van der Waals surface area contributed by atoms with Crippen molar-refractivity contribution in [2.24, 2.45) is 5.73 Å². The third kappa shape index (κ3) is 5.22. The van der Waals surface area contributed by atoms with E-state index in [2.05, 4.69) is 10.2 Å². The molecular weight excluding hydrogens is 388 g/mol. The fourth-order valence-electron chi connectivity index (χ4n) is 3.78. The highest BCUT2D eigenvalue weighted by molar-refractivity contribution is 6.06. The predicted molar refractivity (Wildman–Crippen MR) is 109 cm³/mol. The van der Waals surface area contributed by atoms with Gasteiger partial charge in [0.1, 0.15) is 18.4 Å². The number of piperidine rings is 2. The molecule has 9 nitrogen and oxygen atoms in total. The fourth-order valence-corrected chi connectivity index (χ4v) is 3.78. The van der Waals surface area contributed by atoms with E-state index in [0.717, 1.165) is 32.5 Å². The molecule has 1 atom stereocenters. The van der Waals surface area contributed by atoms with Crippen LogP contribution in [-0.4, -0.2) is 79.2 Å². The van der Waals surface area contributed by atoms with Crippen molar-refractivity contribution < 1.29 is 23.9 Å². The molecule has 3 N–H and O–H groups in total. The van der Waals surface area contributed by atoms with E-state index < -0.39 is 17.9 Å². The van der Waals surface area contributed by atoms with Gasteiger partial charge < -0.3 is 15.4 Å². The van der Waals surface area contributed by atoms with Crippen LogP contribution in [0.5, 0.6) is 5.75 Å². The van der Waals surface area contributed by atoms with E-state index in [4.69, 9.17) is 10.5 Å². The minimum absolute atomic E-state index is 0.171. The number of nitrogens with two attached hydrogens (primary N) is 1. The summed E-state index contributed by atoms with van der Waals surface area (Å²) in [6.45, 7) is 3.13. The Balaban J connectivity index is 1.60. The summed E-state index contributed by atoms with van der Waals surface area (Å²) in [6, 6.07) is 4.24. The molecule has 162 valence electrons. The quantitative estimate of drug-likeness (QED) is 0.480. The normalized spacial score (nSPS) is 20.5. The molecule has 0 aromatic heterocycles. The highest BCUT2D eigenvalue weighted by atomic mass is 16.5. The molecule has 0 radical (unpaired) electrons. The summed E-state index contributed by atoms with van der Waals surface area (Å²) in [6.07, 6.45) is 2.99. The highest BCUT2D eigenvalue weighted by Gasteiger charge is 2.33. The van der Waals surface area contributed by atoms with Crippen LogP contribution in [0.2, 0.25) is 0 Å². The SMILES string of the molecule is CN(C(=O)c1ccc(OCCN2CCC(N)CC2)cc1C=O)C1CCC(=O)NC1=O. The van der Waals surface area contributed by atoms with Crippen LogP contribution in [0.15, 0.2) is 18.2 Å². The molecule has 2 saturated heterocycles. The lowest BCUT2D eigenvalue weighted by molar-refractivity contribution is -0.136. The molecule has 3 amide bonds. The Labute approximate surface area is 175 Å². The number of benzene rings is 1. The number of amides is 3. The number of hydrogen-bond acceptors (Lipinski definition) is 7. The summed E-state index contributed by atoms with van der Waals surface area (Å²) in [5.74, 6) is -0.804. The summed E-state index contributed by atoms with van der Waals surface area (Å²) in [5, 5.41) is 2.23. The molecule has 2 aliphatic heterocycles. The number of likely N-dealkylation sites (N-methyl/N-ethyl adjacent to an activating group) is 1. The average molecular weight is 416 g/mol. The molecule has 9 heteroatoms. The molecule has 3 rings (SSSR count). The molecule has 0 aliphatic carbocycles. The first-order chi connectivity index (χ1) is 14.4. The Morgan fingerprint density at radius 2 is 2.03 bits per heavy atom. The number of aldehydes is 1. The molecule has 2 fully saturated rings. The average Bonchev–Trinajstić information content (AvgIpc) is 2.74. The number of carbonyl (C=O) groups is 4. The number of nitrogens with zero attached hydrogens (tertiary/aromatic N) is 2. The van der Waals surface area contributed by atoms with Crippen molar-refractivity contribution in [3.8, 4) is 5.75 Å². The standard InChI is InChI=1S/C21H28N4O5/c1-24(18-4-5-19(27)23-20(18)28)21(29)17-3-2-16(12-14(17)13-26)30-11-10-25-8-6-15(22)7-9-25/h2-3,12-13,15,18H,4-11,22H2,1H3,(H,23,27,28). The Morgan fingerprint density at radius 1 is 1.30 bits per heavy atom. The van der Waals surface area contributed by atoms with Crippen molar-refractivity contribution in [1.29, 1.82) is 0 Å². The third-order valence-electron chi connectivity index (χ3n) is 5.69. The van der Waals surface area contributed by atoms with E-state index in [1.165, 1.54) is 24.1 Å². The maximum Gasteiger partial charge on any atom is 0.255 e. The van der Waals surface area contributed by atoms with E-state index in [0.29, 0.717) is 18.6 Å². The molecule has 0 spiro atoms. The lowest BCUT2D eigenvalue weighted by Gasteiger charge is -2.30. The number of hydrogen-bond donors (Lipinski definition) is 2. The molecule has 0 bridgehead atoms. The van der Waals surface area contributed by atoms with Gasteiger partial charge in [0.2, 0.25) is 11.8 Å². The largest absolute Gasteiger partial charge is 0.492 e. The molecule has 1 unspecified atom stereocenters. The van der Waals surface area contributed by atoms with Gasteiger partial charge in [0.25, 0.3) is 5.91 Å². The van der Waals surface area contributed by atoms with Gasteiger partial charge in [-0.05, 0) is 50.6 Å². The maximum absolute atomic E-state index is 12.9. The van der Waals surface area contributed by atoms with Gasteiger partial charge in [0.05, 0.1) is 5.56 Å². The number of imide groups is 1. The topological polar surface area (TPSA) is 122 Å². The molecule has 1 aromatic carbocycles. The van der Waals surface area contributed by atoms with Crippen molar-refractivity contribution in [2.45, 2.75) is 37.8 Å². The molecule has 2 heterocycles. The second-order valence-electron chi connectivity index (χ2n) is 7.78. The number of nitrogens with one attached hydrogen (secondary N) is 1. The lowest BCUT2D eigenvalue weighted by atomic mass is 10.0. The number of rotatable bonds is 7. The molecule has 2 aliphatic rings. The molecule has 1 aromatic rings. The van der Waals surface area contributed by atoms with Crippen LogP contribution in [0.1, 0.15) is 46.4 Å². The van der Waals surface area contributed by atoms with Crippen LogP contribution in [0.4, 0.5) is 0 Å². The second kappa shape index (κ2) is 9.82. The first-order valence-corrected chi connectivity index (χ1v) is 10.2. The van der Waals surface area contributed by atoms with E-state index in [9.17, 15) is 19.2 Å². The van der Waals surface area contributed by atoms with Crippen LogP contribution in [0.25, 0.3) is 0 Å². The zero-order valence-corrected chi connectivity index (χ0v) is 17.1. The highest BCUT2D eigenvalue weighted by Crippen LogP contribution is 2.21. The minimum Gasteiger partial charge on any atom is -0.492 e. The van der Waals surface area contributed by atoms with Crippen molar-refractivity contribution >= 4 is 24.0 Å². The summed E-state index contributed by atoms with van der Waals surface area (Å²) in [4.78, 5) is 51.3.